The van der Waals surface area contributed by atoms with Crippen molar-refractivity contribution in [2.24, 2.45) is 0 Å². The van der Waals surface area contributed by atoms with Gasteiger partial charge in [-0.1, -0.05) is 31.2 Å². The topological polar surface area (TPSA) is 35.6 Å². The summed E-state index contributed by atoms with van der Waals surface area (Å²) in [7, 11) is 1.98. The highest BCUT2D eigenvalue weighted by Gasteiger charge is 2.16. The number of carbonyl (C=O) groups excluding carboxylic acids is 1. The van der Waals surface area contributed by atoms with E-state index in [2.05, 4.69) is 39.4 Å². The minimum absolute atomic E-state index is 0.403. The van der Waals surface area contributed by atoms with Crippen LogP contribution in [0, 0.1) is 0 Å². The third kappa shape index (κ3) is 6.71. The fraction of sp³-hybridized carbons (Fsp3) is 0.650. The molecule has 24 heavy (non-hydrogen) atoms. The summed E-state index contributed by atoms with van der Waals surface area (Å²) in [6.45, 7) is 9.68. The average Bonchev–Trinajstić information content (AvgIpc) is 2.62. The lowest BCUT2D eigenvalue weighted by Crippen LogP contribution is -2.46. The van der Waals surface area contributed by atoms with E-state index in [1.165, 1.54) is 11.1 Å². The highest BCUT2D eigenvalue weighted by molar-refractivity contribution is 5.77. The van der Waals surface area contributed by atoms with Gasteiger partial charge in [-0.15, -0.1) is 0 Å². The first kappa shape index (κ1) is 19.1. The summed E-state index contributed by atoms with van der Waals surface area (Å²) in [6.07, 6.45) is 3.65. The third-order valence-electron chi connectivity index (χ3n) is 4.85. The Balaban J connectivity index is 1.62. The number of Topliss-reactive ketones (excluding diaryl/α,β-unsaturated/α-hetero) is 1. The molecule has 1 saturated heterocycles. The van der Waals surface area contributed by atoms with Crippen molar-refractivity contribution >= 4 is 5.78 Å². The molecular weight excluding hydrogens is 298 g/mol. The van der Waals surface area contributed by atoms with Gasteiger partial charge in [0.05, 0.1) is 0 Å². The number of unbranched alkanes of at least 4 members (excludes halogenated alkanes) is 1. The summed E-state index contributed by atoms with van der Waals surface area (Å²) >= 11 is 0. The lowest BCUT2D eigenvalue weighted by molar-refractivity contribution is -0.118. The molecule has 2 rings (SSSR count). The van der Waals surface area contributed by atoms with E-state index in [0.717, 1.165) is 65.1 Å². The second kappa shape index (κ2) is 10.6. The standard InChI is InChI=1S/C20H33N3O/c1-3-20(24)6-4-5-11-22-12-14-23(15-13-22)17-19-9-7-18(8-10-19)16-21-2/h7-10,21H,3-6,11-17H2,1-2H3. The van der Waals surface area contributed by atoms with Gasteiger partial charge in [0.1, 0.15) is 5.78 Å². The first-order valence-corrected chi connectivity index (χ1v) is 9.40. The number of benzene rings is 1. The van der Waals surface area contributed by atoms with Gasteiger partial charge < -0.3 is 10.2 Å². The molecular formula is C20H33N3O. The number of nitrogens with zero attached hydrogens (tertiary/aromatic N) is 2. The van der Waals surface area contributed by atoms with Gasteiger partial charge in [0.25, 0.3) is 0 Å². The smallest absolute Gasteiger partial charge is 0.132 e. The molecule has 4 heteroatoms. The van der Waals surface area contributed by atoms with Crippen molar-refractivity contribution in [3.05, 3.63) is 35.4 Å². The van der Waals surface area contributed by atoms with Gasteiger partial charge in [-0.3, -0.25) is 9.69 Å². The van der Waals surface area contributed by atoms with Crippen LogP contribution < -0.4 is 5.32 Å². The molecule has 1 aromatic rings. The average molecular weight is 332 g/mol. The van der Waals surface area contributed by atoms with Crippen molar-refractivity contribution in [1.82, 2.24) is 15.1 Å². The molecule has 0 bridgehead atoms. The Bertz CT molecular complexity index is 478. The van der Waals surface area contributed by atoms with Crippen LogP contribution in [0.25, 0.3) is 0 Å². The summed E-state index contributed by atoms with van der Waals surface area (Å²) in [4.78, 5) is 16.4. The maximum atomic E-state index is 11.3. The van der Waals surface area contributed by atoms with Crippen molar-refractivity contribution < 1.29 is 4.79 Å². The third-order valence-corrected chi connectivity index (χ3v) is 4.85. The first-order valence-electron chi connectivity index (χ1n) is 9.40. The molecule has 0 unspecified atom stereocenters. The molecule has 0 aliphatic carbocycles. The Morgan fingerprint density at radius 3 is 2.25 bits per heavy atom. The van der Waals surface area contributed by atoms with E-state index in [0.29, 0.717) is 12.2 Å². The molecule has 134 valence electrons. The molecule has 1 aliphatic heterocycles. The summed E-state index contributed by atoms with van der Waals surface area (Å²) in [5.41, 5.74) is 2.74. The number of rotatable bonds is 10. The summed E-state index contributed by atoms with van der Waals surface area (Å²) in [6, 6.07) is 8.95. The minimum Gasteiger partial charge on any atom is -0.316 e. The Morgan fingerprint density at radius 2 is 1.62 bits per heavy atom. The van der Waals surface area contributed by atoms with Gasteiger partial charge in [0, 0.05) is 52.1 Å². The fourth-order valence-electron chi connectivity index (χ4n) is 3.23. The molecule has 0 aromatic heterocycles. The van der Waals surface area contributed by atoms with E-state index < -0.39 is 0 Å². The van der Waals surface area contributed by atoms with Crippen LogP contribution in [0.4, 0.5) is 0 Å². The van der Waals surface area contributed by atoms with Gasteiger partial charge in [0.2, 0.25) is 0 Å². The lowest BCUT2D eigenvalue weighted by atomic mass is 10.1. The van der Waals surface area contributed by atoms with Gasteiger partial charge in [0.15, 0.2) is 0 Å². The molecule has 1 N–H and O–H groups in total. The van der Waals surface area contributed by atoms with Crippen LogP contribution in [0.3, 0.4) is 0 Å². The van der Waals surface area contributed by atoms with E-state index >= 15 is 0 Å². The van der Waals surface area contributed by atoms with Crippen LogP contribution in [-0.4, -0.2) is 55.4 Å². The normalized spacial score (nSPS) is 16.4. The summed E-state index contributed by atoms with van der Waals surface area (Å²) < 4.78 is 0. The first-order chi connectivity index (χ1) is 11.7. The number of piperazine rings is 1. The molecule has 0 atom stereocenters. The fourth-order valence-corrected chi connectivity index (χ4v) is 3.23. The van der Waals surface area contributed by atoms with Crippen molar-refractivity contribution in [3.63, 3.8) is 0 Å². The zero-order valence-electron chi connectivity index (χ0n) is 15.4. The maximum Gasteiger partial charge on any atom is 0.132 e. The van der Waals surface area contributed by atoms with Crippen molar-refractivity contribution in [2.45, 2.75) is 45.7 Å². The predicted molar refractivity (Wildman–Crippen MR) is 100 cm³/mol. The quantitative estimate of drug-likeness (QED) is 0.669. The Morgan fingerprint density at radius 1 is 1.00 bits per heavy atom. The van der Waals surface area contributed by atoms with Crippen molar-refractivity contribution in [3.8, 4) is 0 Å². The van der Waals surface area contributed by atoms with E-state index in [1.807, 2.05) is 14.0 Å². The molecule has 0 radical (unpaired) electrons. The number of carbonyl (C=O) groups is 1. The SMILES string of the molecule is CCC(=O)CCCCN1CCN(Cc2ccc(CNC)cc2)CC1. The second-order valence-electron chi connectivity index (χ2n) is 6.81. The second-order valence-corrected chi connectivity index (χ2v) is 6.81. The predicted octanol–water partition coefficient (Wildman–Crippen LogP) is 2.67. The highest BCUT2D eigenvalue weighted by Crippen LogP contribution is 2.11. The van der Waals surface area contributed by atoms with Crippen LogP contribution in [0.2, 0.25) is 0 Å². The van der Waals surface area contributed by atoms with Gasteiger partial charge in [-0.2, -0.15) is 0 Å². The van der Waals surface area contributed by atoms with Crippen LogP contribution in [0.15, 0.2) is 24.3 Å². The van der Waals surface area contributed by atoms with Crippen LogP contribution in [0.1, 0.15) is 43.7 Å². The van der Waals surface area contributed by atoms with Crippen molar-refractivity contribution in [1.29, 1.82) is 0 Å². The number of hydrogen-bond donors (Lipinski definition) is 1. The summed E-state index contributed by atoms with van der Waals surface area (Å²) in [5.74, 6) is 0.403. The Kier molecular flexibility index (Phi) is 8.43. The van der Waals surface area contributed by atoms with Crippen LogP contribution in [-0.2, 0) is 17.9 Å². The summed E-state index contributed by atoms with van der Waals surface area (Å²) in [5, 5.41) is 3.19. The van der Waals surface area contributed by atoms with Gasteiger partial charge >= 0.3 is 0 Å². The highest BCUT2D eigenvalue weighted by atomic mass is 16.1. The van der Waals surface area contributed by atoms with Crippen LogP contribution >= 0.6 is 0 Å². The zero-order valence-corrected chi connectivity index (χ0v) is 15.4. The molecule has 0 saturated carbocycles. The monoisotopic (exact) mass is 331 g/mol. The Labute approximate surface area is 147 Å². The molecule has 1 fully saturated rings. The maximum absolute atomic E-state index is 11.3. The van der Waals surface area contributed by atoms with E-state index in [4.69, 9.17) is 0 Å². The van der Waals surface area contributed by atoms with Gasteiger partial charge in [-0.25, -0.2) is 0 Å². The number of nitrogens with one attached hydrogen (secondary N) is 1. The zero-order chi connectivity index (χ0) is 17.2. The van der Waals surface area contributed by atoms with Crippen molar-refractivity contribution in [2.75, 3.05) is 39.8 Å². The number of ketones is 1. The molecule has 1 aromatic carbocycles. The molecule has 4 nitrogen and oxygen atoms in total. The van der Waals surface area contributed by atoms with E-state index in [1.54, 1.807) is 0 Å². The molecule has 1 aliphatic rings. The molecule has 0 spiro atoms. The van der Waals surface area contributed by atoms with E-state index in [9.17, 15) is 4.79 Å². The molecule has 1 heterocycles. The molecule has 0 amide bonds. The Hall–Kier alpha value is -1.23. The largest absolute Gasteiger partial charge is 0.316 e. The number of hydrogen-bond acceptors (Lipinski definition) is 4. The lowest BCUT2D eigenvalue weighted by Gasteiger charge is -2.34. The van der Waals surface area contributed by atoms with E-state index in [-0.39, 0.29) is 0 Å². The minimum atomic E-state index is 0.403. The van der Waals surface area contributed by atoms with Gasteiger partial charge in [-0.05, 0) is 37.6 Å². The van der Waals surface area contributed by atoms with Crippen LogP contribution in [0.5, 0.6) is 0 Å².